The molecule has 1 aliphatic heterocycles. The van der Waals surface area contributed by atoms with Crippen LogP contribution < -0.4 is 0 Å². The first-order valence-corrected chi connectivity index (χ1v) is 10.4. The number of aromatic nitrogens is 1. The molecule has 1 aromatic heterocycles. The van der Waals surface area contributed by atoms with Crippen molar-refractivity contribution in [3.8, 4) is 0 Å². The topological polar surface area (TPSA) is 54.7 Å². The Morgan fingerprint density at radius 1 is 0.781 bits per heavy atom. The molecule has 6 heteroatoms. The minimum Gasteiger partial charge on any atom is -0.343 e. The standard InChI is InChI=1S/C26H20FN3O2/c27-21-12-10-19(11-13-21)15-29-17-20(22-8-4-5-9-24(22)29)14-23-25(31)30(26(32)28-23)16-18-6-2-1-3-7-18/h1-13,17H,14-16H2. The van der Waals surface area contributed by atoms with Crippen molar-refractivity contribution in [3.05, 3.63) is 108 Å². The number of carbonyl (C=O) groups is 2. The Morgan fingerprint density at radius 2 is 1.47 bits per heavy atom. The number of amides is 3. The Bertz CT molecular complexity index is 1340. The molecule has 0 bridgehead atoms. The van der Waals surface area contributed by atoms with E-state index in [2.05, 4.69) is 9.56 Å². The van der Waals surface area contributed by atoms with Crippen molar-refractivity contribution in [1.82, 2.24) is 9.47 Å². The summed E-state index contributed by atoms with van der Waals surface area (Å²) < 4.78 is 15.3. The van der Waals surface area contributed by atoms with Crippen LogP contribution in [0.4, 0.5) is 9.18 Å². The van der Waals surface area contributed by atoms with Gasteiger partial charge in [-0.2, -0.15) is 4.99 Å². The van der Waals surface area contributed by atoms with E-state index in [0.717, 1.165) is 27.6 Å². The highest BCUT2D eigenvalue weighted by Gasteiger charge is 2.33. The number of hydrogen-bond acceptors (Lipinski definition) is 2. The number of urea groups is 1. The molecule has 4 aromatic rings. The van der Waals surface area contributed by atoms with Crippen molar-refractivity contribution < 1.29 is 14.0 Å². The molecular formula is C26H20FN3O2. The van der Waals surface area contributed by atoms with Gasteiger partial charge in [-0.1, -0.05) is 60.7 Å². The molecule has 0 spiro atoms. The number of nitrogens with zero attached hydrogens (tertiary/aromatic N) is 3. The van der Waals surface area contributed by atoms with Crippen molar-refractivity contribution in [1.29, 1.82) is 0 Å². The highest BCUT2D eigenvalue weighted by molar-refractivity contribution is 6.46. The van der Waals surface area contributed by atoms with Gasteiger partial charge in [0.2, 0.25) is 0 Å². The fraction of sp³-hybridized carbons (Fsp3) is 0.115. The summed E-state index contributed by atoms with van der Waals surface area (Å²) in [4.78, 5) is 30.6. The SMILES string of the molecule is O=C1N=C(Cc2cn(Cc3ccc(F)cc3)c3ccccc23)C(=O)N1Cc1ccccc1. The summed E-state index contributed by atoms with van der Waals surface area (Å²) in [6.07, 6.45) is 2.25. The normalized spacial score (nSPS) is 13.8. The number of hydrogen-bond donors (Lipinski definition) is 0. The summed E-state index contributed by atoms with van der Waals surface area (Å²) in [5.41, 5.74) is 4.02. The molecule has 3 aromatic carbocycles. The number of fused-ring (bicyclic) bond motifs is 1. The van der Waals surface area contributed by atoms with Gasteiger partial charge < -0.3 is 4.57 Å². The van der Waals surface area contributed by atoms with Crippen LogP contribution in [0.1, 0.15) is 16.7 Å². The quantitative estimate of drug-likeness (QED) is 0.438. The summed E-state index contributed by atoms with van der Waals surface area (Å²) in [5.74, 6) is -0.622. The van der Waals surface area contributed by atoms with Crippen LogP contribution in [0.15, 0.2) is 90.1 Å². The maximum atomic E-state index is 13.3. The van der Waals surface area contributed by atoms with Crippen molar-refractivity contribution in [2.24, 2.45) is 4.99 Å². The first-order chi connectivity index (χ1) is 15.6. The predicted molar refractivity (Wildman–Crippen MR) is 121 cm³/mol. The van der Waals surface area contributed by atoms with Crippen LogP contribution in [-0.4, -0.2) is 27.1 Å². The van der Waals surface area contributed by atoms with Gasteiger partial charge in [-0.25, -0.2) is 9.18 Å². The molecule has 0 atom stereocenters. The molecule has 2 heterocycles. The van der Waals surface area contributed by atoms with Crippen LogP contribution in [0.3, 0.4) is 0 Å². The number of halogens is 1. The molecule has 158 valence electrons. The molecular weight excluding hydrogens is 405 g/mol. The molecule has 32 heavy (non-hydrogen) atoms. The number of imide groups is 1. The minimum absolute atomic E-state index is 0.206. The fourth-order valence-electron chi connectivity index (χ4n) is 4.05. The van der Waals surface area contributed by atoms with Gasteiger partial charge in [0.15, 0.2) is 0 Å². The first-order valence-electron chi connectivity index (χ1n) is 10.4. The van der Waals surface area contributed by atoms with E-state index in [1.54, 1.807) is 12.1 Å². The number of carbonyl (C=O) groups excluding carboxylic acids is 2. The Kier molecular flexibility index (Phi) is 5.11. The van der Waals surface area contributed by atoms with Crippen LogP contribution in [-0.2, 0) is 24.3 Å². The fourth-order valence-corrected chi connectivity index (χ4v) is 4.05. The zero-order valence-electron chi connectivity index (χ0n) is 17.2. The van der Waals surface area contributed by atoms with Crippen LogP contribution in [0.5, 0.6) is 0 Å². The minimum atomic E-state index is -0.524. The summed E-state index contributed by atoms with van der Waals surface area (Å²) in [5, 5.41) is 0.999. The van der Waals surface area contributed by atoms with E-state index in [4.69, 9.17) is 0 Å². The molecule has 0 fully saturated rings. The second kappa shape index (κ2) is 8.23. The van der Waals surface area contributed by atoms with Crippen LogP contribution in [0, 0.1) is 5.82 Å². The monoisotopic (exact) mass is 425 g/mol. The Morgan fingerprint density at radius 3 is 2.25 bits per heavy atom. The second-order valence-electron chi connectivity index (χ2n) is 7.82. The highest BCUT2D eigenvalue weighted by atomic mass is 19.1. The van der Waals surface area contributed by atoms with Crippen LogP contribution >= 0.6 is 0 Å². The number of rotatable bonds is 6. The smallest absolute Gasteiger partial charge is 0.343 e. The van der Waals surface area contributed by atoms with Crippen LogP contribution in [0.25, 0.3) is 10.9 Å². The summed E-state index contributed by atoms with van der Waals surface area (Å²) in [6.45, 7) is 0.776. The van der Waals surface area contributed by atoms with Gasteiger partial charge in [-0.3, -0.25) is 9.69 Å². The van der Waals surface area contributed by atoms with Gasteiger partial charge in [0.25, 0.3) is 5.91 Å². The molecule has 0 unspecified atom stereocenters. The lowest BCUT2D eigenvalue weighted by atomic mass is 10.1. The zero-order valence-corrected chi connectivity index (χ0v) is 17.2. The summed E-state index contributed by atoms with van der Waals surface area (Å²) in [7, 11) is 0. The molecule has 0 saturated heterocycles. The maximum Gasteiger partial charge on any atom is 0.351 e. The van der Waals surface area contributed by atoms with E-state index in [1.165, 1.54) is 17.0 Å². The number of benzene rings is 3. The first kappa shape index (κ1) is 19.9. The van der Waals surface area contributed by atoms with Gasteiger partial charge in [0, 0.05) is 30.1 Å². The maximum absolute atomic E-state index is 13.3. The Labute approximate surface area is 184 Å². The summed E-state index contributed by atoms with van der Waals surface area (Å²) in [6, 6.07) is 23.2. The van der Waals surface area contributed by atoms with E-state index in [9.17, 15) is 14.0 Å². The summed E-state index contributed by atoms with van der Waals surface area (Å²) >= 11 is 0. The van der Waals surface area contributed by atoms with Gasteiger partial charge in [-0.15, -0.1) is 0 Å². The Hall–Kier alpha value is -4.06. The van der Waals surface area contributed by atoms with Crippen molar-refractivity contribution in [3.63, 3.8) is 0 Å². The molecule has 0 N–H and O–H groups in total. The average molecular weight is 425 g/mol. The third kappa shape index (κ3) is 3.83. The van der Waals surface area contributed by atoms with Crippen LogP contribution in [0.2, 0.25) is 0 Å². The molecule has 0 saturated carbocycles. The van der Waals surface area contributed by atoms with E-state index in [-0.39, 0.29) is 30.4 Å². The second-order valence-corrected chi connectivity index (χ2v) is 7.82. The van der Waals surface area contributed by atoms with Gasteiger partial charge in [-0.05, 0) is 34.9 Å². The highest BCUT2D eigenvalue weighted by Crippen LogP contribution is 2.25. The molecule has 0 radical (unpaired) electrons. The molecule has 0 aliphatic carbocycles. The third-order valence-corrected chi connectivity index (χ3v) is 5.63. The molecule has 5 nitrogen and oxygen atoms in total. The average Bonchev–Trinajstić information content (AvgIpc) is 3.28. The van der Waals surface area contributed by atoms with Crippen molar-refractivity contribution >= 4 is 28.6 Å². The van der Waals surface area contributed by atoms with Crippen molar-refractivity contribution in [2.75, 3.05) is 0 Å². The van der Waals surface area contributed by atoms with E-state index < -0.39 is 6.03 Å². The van der Waals surface area contributed by atoms with Gasteiger partial charge in [0.05, 0.1) is 6.54 Å². The lowest BCUT2D eigenvalue weighted by Crippen LogP contribution is -2.32. The molecule has 1 aliphatic rings. The number of para-hydroxylation sites is 1. The largest absolute Gasteiger partial charge is 0.351 e. The van der Waals surface area contributed by atoms with Gasteiger partial charge >= 0.3 is 6.03 Å². The van der Waals surface area contributed by atoms with Crippen molar-refractivity contribution in [2.45, 2.75) is 19.5 Å². The molecule has 5 rings (SSSR count). The third-order valence-electron chi connectivity index (χ3n) is 5.63. The van der Waals surface area contributed by atoms with E-state index in [1.807, 2.05) is 60.8 Å². The molecule has 3 amide bonds. The lowest BCUT2D eigenvalue weighted by molar-refractivity contribution is -0.121. The van der Waals surface area contributed by atoms with E-state index >= 15 is 0 Å². The lowest BCUT2D eigenvalue weighted by Gasteiger charge is -2.12. The number of aliphatic imine (C=N–C) groups is 1. The van der Waals surface area contributed by atoms with Gasteiger partial charge in [0.1, 0.15) is 11.5 Å². The Balaban J connectivity index is 1.40. The zero-order chi connectivity index (χ0) is 22.1. The predicted octanol–water partition coefficient (Wildman–Crippen LogP) is 4.97. The van der Waals surface area contributed by atoms with E-state index in [0.29, 0.717) is 6.54 Å².